The molecule has 0 spiro atoms. The number of nitrogens with zero attached hydrogens (tertiary/aromatic N) is 2. The monoisotopic (exact) mass is 140 g/mol. The minimum absolute atomic E-state index is 0.414. The fraction of sp³-hybridized carbons (Fsp3) is 0.400. The maximum Gasteiger partial charge on any atom is 0.507 e. The van der Waals surface area contributed by atoms with E-state index in [1.807, 2.05) is 0 Å². The summed E-state index contributed by atoms with van der Waals surface area (Å²) in [7, 11) is 0.244. The molecule has 0 fully saturated rings. The van der Waals surface area contributed by atoms with Crippen LogP contribution >= 0.6 is 0 Å². The maximum absolute atomic E-state index is 8.71. The van der Waals surface area contributed by atoms with Crippen molar-refractivity contribution in [2.24, 2.45) is 7.05 Å². The summed E-state index contributed by atoms with van der Waals surface area (Å²) in [6.45, 7) is 1.80. The van der Waals surface area contributed by atoms with Gasteiger partial charge in [-0.3, -0.25) is 4.68 Å². The van der Waals surface area contributed by atoms with Crippen LogP contribution in [-0.4, -0.2) is 26.9 Å². The lowest BCUT2D eigenvalue weighted by Gasteiger charge is -1.96. The molecule has 0 amide bonds. The molecule has 0 radical (unpaired) electrons. The molecule has 54 valence electrons. The van der Waals surface area contributed by atoms with Crippen LogP contribution in [0.4, 0.5) is 0 Å². The molecule has 1 heterocycles. The molecule has 0 saturated carbocycles. The third kappa shape index (κ3) is 1.20. The van der Waals surface area contributed by atoms with Crippen LogP contribution in [0.15, 0.2) is 6.07 Å². The van der Waals surface area contributed by atoms with Gasteiger partial charge in [-0.2, -0.15) is 5.10 Å². The second kappa shape index (κ2) is 2.44. The van der Waals surface area contributed by atoms with E-state index in [2.05, 4.69) is 5.10 Å². The molecule has 0 atom stereocenters. The minimum atomic E-state index is -1.42. The van der Waals surface area contributed by atoms with Gasteiger partial charge >= 0.3 is 7.12 Å². The Morgan fingerprint density at radius 2 is 2.20 bits per heavy atom. The van der Waals surface area contributed by atoms with Crippen LogP contribution in [0, 0.1) is 6.92 Å². The van der Waals surface area contributed by atoms with E-state index in [1.54, 1.807) is 20.0 Å². The van der Waals surface area contributed by atoms with Crippen molar-refractivity contribution in [1.82, 2.24) is 9.78 Å². The molecule has 2 N–H and O–H groups in total. The molecule has 0 bridgehead atoms. The number of hydrogen-bond donors (Lipinski definition) is 2. The van der Waals surface area contributed by atoms with Crippen LogP contribution < -0.4 is 5.59 Å². The molecule has 5 heteroatoms. The zero-order chi connectivity index (χ0) is 7.72. The van der Waals surface area contributed by atoms with Gasteiger partial charge < -0.3 is 10.0 Å². The SMILES string of the molecule is Cc1cc(B(O)O)n(C)n1. The van der Waals surface area contributed by atoms with Gasteiger partial charge in [-0.05, 0) is 13.0 Å². The summed E-state index contributed by atoms with van der Waals surface area (Å²) >= 11 is 0. The van der Waals surface area contributed by atoms with Crippen molar-refractivity contribution < 1.29 is 10.0 Å². The highest BCUT2D eigenvalue weighted by Gasteiger charge is 2.15. The molecule has 0 aromatic carbocycles. The van der Waals surface area contributed by atoms with E-state index in [1.165, 1.54) is 4.68 Å². The Bertz CT molecular complexity index is 234. The predicted molar refractivity (Wildman–Crippen MR) is 37.8 cm³/mol. The van der Waals surface area contributed by atoms with Crippen LogP contribution in [0.5, 0.6) is 0 Å². The summed E-state index contributed by atoms with van der Waals surface area (Å²) < 4.78 is 1.44. The highest BCUT2D eigenvalue weighted by molar-refractivity contribution is 6.57. The van der Waals surface area contributed by atoms with E-state index in [0.717, 1.165) is 5.69 Å². The van der Waals surface area contributed by atoms with Gasteiger partial charge in [0.15, 0.2) is 0 Å². The lowest BCUT2D eigenvalue weighted by molar-refractivity contribution is 0.421. The first kappa shape index (κ1) is 7.30. The predicted octanol–water partition coefficient (Wildman–Crippen LogP) is -1.59. The zero-order valence-electron chi connectivity index (χ0n) is 5.94. The normalized spacial score (nSPS) is 10.0. The Balaban J connectivity index is 3.03. The smallest absolute Gasteiger partial charge is 0.422 e. The van der Waals surface area contributed by atoms with Crippen LogP contribution in [0.1, 0.15) is 5.69 Å². The van der Waals surface area contributed by atoms with Crippen LogP contribution in [0.25, 0.3) is 0 Å². The average Bonchev–Trinajstić information content (AvgIpc) is 2.10. The summed E-state index contributed by atoms with van der Waals surface area (Å²) in [6, 6.07) is 1.63. The van der Waals surface area contributed by atoms with Gasteiger partial charge in [0.2, 0.25) is 0 Å². The lowest BCUT2D eigenvalue weighted by atomic mass is 9.86. The Morgan fingerprint density at radius 3 is 2.40 bits per heavy atom. The molecule has 1 aromatic rings. The fourth-order valence-corrected chi connectivity index (χ4v) is 0.872. The Hall–Kier alpha value is -0.805. The summed E-state index contributed by atoms with van der Waals surface area (Å²) in [5.74, 6) is 0. The molecule has 0 saturated heterocycles. The van der Waals surface area contributed by atoms with Crippen molar-refractivity contribution in [1.29, 1.82) is 0 Å². The third-order valence-electron chi connectivity index (χ3n) is 1.30. The lowest BCUT2D eigenvalue weighted by Crippen LogP contribution is -2.35. The van der Waals surface area contributed by atoms with E-state index < -0.39 is 7.12 Å². The molecule has 0 aliphatic rings. The molecule has 0 aliphatic heterocycles. The largest absolute Gasteiger partial charge is 0.507 e. The van der Waals surface area contributed by atoms with E-state index >= 15 is 0 Å². The van der Waals surface area contributed by atoms with Crippen LogP contribution in [-0.2, 0) is 7.05 Å². The van der Waals surface area contributed by atoms with Crippen molar-refractivity contribution in [3.8, 4) is 0 Å². The summed E-state index contributed by atoms with van der Waals surface area (Å²) in [5.41, 5.74) is 1.20. The van der Waals surface area contributed by atoms with Crippen molar-refractivity contribution in [2.75, 3.05) is 0 Å². The van der Waals surface area contributed by atoms with Gasteiger partial charge in [0.1, 0.15) is 0 Å². The summed E-state index contributed by atoms with van der Waals surface area (Å²) in [5, 5.41) is 21.4. The average molecular weight is 140 g/mol. The highest BCUT2D eigenvalue weighted by Crippen LogP contribution is 1.87. The zero-order valence-corrected chi connectivity index (χ0v) is 5.94. The highest BCUT2D eigenvalue weighted by atomic mass is 16.4. The molecule has 0 aliphatic carbocycles. The van der Waals surface area contributed by atoms with Crippen molar-refractivity contribution >= 4 is 12.7 Å². The van der Waals surface area contributed by atoms with E-state index in [0.29, 0.717) is 5.59 Å². The van der Waals surface area contributed by atoms with Gasteiger partial charge in [-0.15, -0.1) is 0 Å². The van der Waals surface area contributed by atoms with Gasteiger partial charge in [0.25, 0.3) is 0 Å². The first-order chi connectivity index (χ1) is 4.61. The van der Waals surface area contributed by atoms with Crippen molar-refractivity contribution in [3.05, 3.63) is 11.8 Å². The number of aromatic nitrogens is 2. The topological polar surface area (TPSA) is 58.3 Å². The molecule has 10 heavy (non-hydrogen) atoms. The standard InChI is InChI=1S/C5H9BN2O2/c1-4-3-5(6(9)10)8(2)7-4/h3,9-10H,1-2H3. The van der Waals surface area contributed by atoms with Crippen LogP contribution in [0.3, 0.4) is 0 Å². The second-order valence-electron chi connectivity index (χ2n) is 2.21. The van der Waals surface area contributed by atoms with Gasteiger partial charge in [0, 0.05) is 7.05 Å². The minimum Gasteiger partial charge on any atom is -0.422 e. The Morgan fingerprint density at radius 1 is 1.60 bits per heavy atom. The molecule has 1 aromatic heterocycles. The summed E-state index contributed by atoms with van der Waals surface area (Å²) in [4.78, 5) is 0. The Kier molecular flexibility index (Phi) is 1.78. The molecular weight excluding hydrogens is 131 g/mol. The van der Waals surface area contributed by atoms with E-state index in [-0.39, 0.29) is 0 Å². The fourth-order valence-electron chi connectivity index (χ4n) is 0.872. The third-order valence-corrected chi connectivity index (χ3v) is 1.30. The molecular formula is C5H9BN2O2. The van der Waals surface area contributed by atoms with Crippen molar-refractivity contribution in [3.63, 3.8) is 0 Å². The Labute approximate surface area is 59.2 Å². The quantitative estimate of drug-likeness (QED) is 0.462. The van der Waals surface area contributed by atoms with E-state index in [9.17, 15) is 0 Å². The van der Waals surface area contributed by atoms with Gasteiger partial charge in [0.05, 0.1) is 11.3 Å². The van der Waals surface area contributed by atoms with Gasteiger partial charge in [-0.1, -0.05) is 0 Å². The summed E-state index contributed by atoms with van der Waals surface area (Å²) in [6.07, 6.45) is 0. The van der Waals surface area contributed by atoms with E-state index in [4.69, 9.17) is 10.0 Å². The van der Waals surface area contributed by atoms with Gasteiger partial charge in [-0.25, -0.2) is 0 Å². The number of rotatable bonds is 1. The first-order valence-corrected chi connectivity index (χ1v) is 2.98. The molecule has 0 unspecified atom stereocenters. The molecule has 4 nitrogen and oxygen atoms in total. The van der Waals surface area contributed by atoms with Crippen LogP contribution in [0.2, 0.25) is 0 Å². The maximum atomic E-state index is 8.71. The first-order valence-electron chi connectivity index (χ1n) is 2.98. The molecule has 1 rings (SSSR count). The number of aryl methyl sites for hydroxylation is 2. The second-order valence-corrected chi connectivity index (χ2v) is 2.21. The van der Waals surface area contributed by atoms with Crippen molar-refractivity contribution in [2.45, 2.75) is 6.92 Å². The number of hydrogen-bond acceptors (Lipinski definition) is 3.